The molecule has 0 saturated carbocycles. The Morgan fingerprint density at radius 2 is 2.33 bits per heavy atom. The summed E-state index contributed by atoms with van der Waals surface area (Å²) in [5, 5.41) is 17.6. The minimum Gasteiger partial charge on any atom is -0.258 e. The van der Waals surface area contributed by atoms with E-state index in [1.807, 2.05) is 12.3 Å². The largest absolute Gasteiger partial charge is 0.270 e. The van der Waals surface area contributed by atoms with Crippen LogP contribution in [0.25, 0.3) is 11.3 Å². The number of hydrogen-bond donors (Lipinski definition) is 1. The average molecular weight is 304 g/mol. The van der Waals surface area contributed by atoms with Gasteiger partial charge >= 0.3 is 0 Å². The van der Waals surface area contributed by atoms with Gasteiger partial charge in [-0.25, -0.2) is 4.98 Å². The van der Waals surface area contributed by atoms with Crippen molar-refractivity contribution in [2.24, 2.45) is 5.10 Å². The molecule has 1 aromatic carbocycles. The van der Waals surface area contributed by atoms with Gasteiger partial charge in [-0.15, -0.1) is 11.3 Å². The molecule has 21 heavy (non-hydrogen) atoms. The first-order valence-corrected chi connectivity index (χ1v) is 7.47. The van der Waals surface area contributed by atoms with Crippen LogP contribution >= 0.6 is 11.3 Å². The highest BCUT2D eigenvalue weighted by atomic mass is 32.1. The monoisotopic (exact) mass is 304 g/mol. The van der Waals surface area contributed by atoms with Gasteiger partial charge in [0.1, 0.15) is 0 Å². The Morgan fingerprint density at radius 3 is 3.05 bits per heavy atom. The molecule has 0 aliphatic carbocycles. The number of hydrogen-bond acceptors (Lipinski definition) is 6. The third-order valence-corrected chi connectivity index (χ3v) is 3.56. The van der Waals surface area contributed by atoms with Gasteiger partial charge in [-0.1, -0.05) is 25.5 Å². The maximum Gasteiger partial charge on any atom is 0.270 e. The second-order valence-electron chi connectivity index (χ2n) is 4.55. The quantitative estimate of drug-likeness (QED) is 0.490. The highest BCUT2D eigenvalue weighted by molar-refractivity contribution is 7.14. The molecule has 0 saturated heterocycles. The second kappa shape index (κ2) is 6.94. The Kier molecular flexibility index (Phi) is 4.99. The van der Waals surface area contributed by atoms with Gasteiger partial charge in [0, 0.05) is 28.8 Å². The van der Waals surface area contributed by atoms with E-state index in [1.165, 1.54) is 23.5 Å². The molecular weight excluding hydrogens is 288 g/mol. The summed E-state index contributed by atoms with van der Waals surface area (Å²) in [5.41, 5.74) is 5.43. The molecule has 7 heteroatoms. The molecule has 0 aliphatic heterocycles. The number of rotatable bonds is 6. The first-order valence-electron chi connectivity index (χ1n) is 6.59. The Morgan fingerprint density at radius 1 is 1.52 bits per heavy atom. The van der Waals surface area contributed by atoms with Crippen molar-refractivity contribution in [3.8, 4) is 11.3 Å². The summed E-state index contributed by atoms with van der Waals surface area (Å²) in [6, 6.07) is 6.44. The van der Waals surface area contributed by atoms with Crippen LogP contribution in [0.1, 0.15) is 26.7 Å². The van der Waals surface area contributed by atoms with Crippen molar-refractivity contribution in [3.05, 3.63) is 39.8 Å². The summed E-state index contributed by atoms with van der Waals surface area (Å²) in [6.45, 7) is 4.06. The van der Waals surface area contributed by atoms with Crippen LogP contribution in [0, 0.1) is 10.1 Å². The van der Waals surface area contributed by atoms with Gasteiger partial charge in [0.25, 0.3) is 5.69 Å². The Bertz CT molecular complexity index is 666. The minimum absolute atomic E-state index is 0.0619. The summed E-state index contributed by atoms with van der Waals surface area (Å²) in [6.07, 6.45) is 1.99. The fraction of sp³-hybridized carbons (Fsp3) is 0.286. The number of hydrazone groups is 1. The molecule has 2 rings (SSSR count). The fourth-order valence-corrected chi connectivity index (χ4v) is 2.46. The molecule has 0 aliphatic rings. The van der Waals surface area contributed by atoms with Crippen molar-refractivity contribution in [1.29, 1.82) is 0 Å². The lowest BCUT2D eigenvalue weighted by molar-refractivity contribution is -0.384. The molecule has 110 valence electrons. The van der Waals surface area contributed by atoms with E-state index in [9.17, 15) is 10.1 Å². The van der Waals surface area contributed by atoms with Crippen LogP contribution in [-0.4, -0.2) is 15.6 Å². The Labute approximate surface area is 126 Å². The number of thiazole rings is 1. The van der Waals surface area contributed by atoms with E-state index in [0.29, 0.717) is 10.8 Å². The summed E-state index contributed by atoms with van der Waals surface area (Å²) in [5.74, 6) is 0. The van der Waals surface area contributed by atoms with Gasteiger partial charge in [0.2, 0.25) is 5.13 Å². The summed E-state index contributed by atoms with van der Waals surface area (Å²) < 4.78 is 0. The zero-order valence-electron chi connectivity index (χ0n) is 11.9. The summed E-state index contributed by atoms with van der Waals surface area (Å²) in [7, 11) is 0. The number of anilines is 1. The van der Waals surface area contributed by atoms with Gasteiger partial charge in [-0.3, -0.25) is 15.5 Å². The lowest BCUT2D eigenvalue weighted by Crippen LogP contribution is -1.96. The zero-order valence-corrected chi connectivity index (χ0v) is 12.7. The lowest BCUT2D eigenvalue weighted by atomic mass is 10.1. The first kappa shape index (κ1) is 15.1. The van der Waals surface area contributed by atoms with Crippen LogP contribution < -0.4 is 5.43 Å². The maximum absolute atomic E-state index is 10.8. The third kappa shape index (κ3) is 4.09. The number of non-ortho nitro benzene ring substituents is 1. The van der Waals surface area contributed by atoms with Crippen LogP contribution in [0.15, 0.2) is 34.7 Å². The molecule has 2 aromatic rings. The van der Waals surface area contributed by atoms with E-state index in [2.05, 4.69) is 22.4 Å². The molecular formula is C14H16N4O2S. The molecule has 1 heterocycles. The Hall–Kier alpha value is -2.28. The lowest BCUT2D eigenvalue weighted by Gasteiger charge is -1.98. The van der Waals surface area contributed by atoms with E-state index in [1.54, 1.807) is 12.1 Å². The molecule has 0 bridgehead atoms. The molecule has 0 radical (unpaired) electrons. The molecule has 1 aromatic heterocycles. The van der Waals surface area contributed by atoms with Crippen molar-refractivity contribution in [2.45, 2.75) is 26.7 Å². The number of nitrogens with zero attached hydrogens (tertiary/aromatic N) is 3. The van der Waals surface area contributed by atoms with Crippen LogP contribution in [-0.2, 0) is 0 Å². The standard InChI is InChI=1S/C14H16N4O2S/c1-3-5-10(2)16-17-14-15-13(9-21-14)11-6-4-7-12(8-11)18(19)20/h4,6-9H,3,5H2,1-2H3,(H,15,17)/b16-10-. The van der Waals surface area contributed by atoms with E-state index < -0.39 is 4.92 Å². The van der Waals surface area contributed by atoms with Gasteiger partial charge in [0.15, 0.2) is 0 Å². The van der Waals surface area contributed by atoms with Crippen molar-refractivity contribution < 1.29 is 4.92 Å². The Balaban J connectivity index is 2.14. The normalized spacial score (nSPS) is 11.4. The summed E-state index contributed by atoms with van der Waals surface area (Å²) >= 11 is 1.42. The van der Waals surface area contributed by atoms with E-state index in [0.717, 1.165) is 24.1 Å². The van der Waals surface area contributed by atoms with Gasteiger partial charge in [-0.05, 0) is 13.3 Å². The highest BCUT2D eigenvalue weighted by Gasteiger charge is 2.09. The number of nitro groups is 1. The van der Waals surface area contributed by atoms with Gasteiger partial charge in [0.05, 0.1) is 10.6 Å². The number of aromatic nitrogens is 1. The number of benzene rings is 1. The van der Waals surface area contributed by atoms with Crippen molar-refractivity contribution >= 4 is 27.9 Å². The molecule has 0 atom stereocenters. The van der Waals surface area contributed by atoms with Crippen LogP contribution in [0.4, 0.5) is 10.8 Å². The predicted octanol–water partition coefficient (Wildman–Crippen LogP) is 4.31. The third-order valence-electron chi connectivity index (χ3n) is 2.81. The smallest absolute Gasteiger partial charge is 0.258 e. The second-order valence-corrected chi connectivity index (χ2v) is 5.41. The molecule has 0 unspecified atom stereocenters. The maximum atomic E-state index is 10.8. The molecule has 1 N–H and O–H groups in total. The van der Waals surface area contributed by atoms with E-state index >= 15 is 0 Å². The predicted molar refractivity (Wildman–Crippen MR) is 85.8 cm³/mol. The van der Waals surface area contributed by atoms with Crippen molar-refractivity contribution in [1.82, 2.24) is 4.98 Å². The number of nitro benzene ring substituents is 1. The van der Waals surface area contributed by atoms with Crippen LogP contribution in [0.5, 0.6) is 0 Å². The van der Waals surface area contributed by atoms with Crippen molar-refractivity contribution in [2.75, 3.05) is 5.43 Å². The van der Waals surface area contributed by atoms with Crippen LogP contribution in [0.2, 0.25) is 0 Å². The molecule has 0 amide bonds. The highest BCUT2D eigenvalue weighted by Crippen LogP contribution is 2.27. The average Bonchev–Trinajstić information content (AvgIpc) is 2.94. The SMILES string of the molecule is CCC/C(C)=N\Nc1nc(-c2cccc([N+](=O)[O-])c2)cs1. The van der Waals surface area contributed by atoms with Crippen LogP contribution in [0.3, 0.4) is 0 Å². The molecule has 0 fully saturated rings. The minimum atomic E-state index is -0.409. The number of nitrogens with one attached hydrogen (secondary N) is 1. The first-order chi connectivity index (χ1) is 10.1. The fourth-order valence-electron chi connectivity index (χ4n) is 1.80. The molecule has 6 nitrogen and oxygen atoms in total. The zero-order chi connectivity index (χ0) is 15.2. The molecule has 0 spiro atoms. The van der Waals surface area contributed by atoms with E-state index in [4.69, 9.17) is 0 Å². The van der Waals surface area contributed by atoms with Crippen molar-refractivity contribution in [3.63, 3.8) is 0 Å². The van der Waals surface area contributed by atoms with Gasteiger partial charge < -0.3 is 0 Å². The topological polar surface area (TPSA) is 80.4 Å². The van der Waals surface area contributed by atoms with Gasteiger partial charge in [-0.2, -0.15) is 5.10 Å². The van der Waals surface area contributed by atoms with E-state index in [-0.39, 0.29) is 5.69 Å². The summed E-state index contributed by atoms with van der Waals surface area (Å²) in [4.78, 5) is 14.8.